The Labute approximate surface area is 185 Å². The average molecular weight is 427 g/mol. The van der Waals surface area contributed by atoms with Gasteiger partial charge in [-0.05, 0) is 69.0 Å². The van der Waals surface area contributed by atoms with Gasteiger partial charge in [-0.25, -0.2) is 0 Å². The van der Waals surface area contributed by atoms with Gasteiger partial charge in [-0.2, -0.15) is 0 Å². The van der Waals surface area contributed by atoms with Gasteiger partial charge in [0.1, 0.15) is 17.5 Å². The molecule has 168 valence electrons. The third-order valence-electron chi connectivity index (χ3n) is 5.02. The Kier molecular flexibility index (Phi) is 8.91. The lowest BCUT2D eigenvalue weighted by Crippen LogP contribution is -2.51. The normalized spacial score (nSPS) is 11.7. The number of rotatable bonds is 10. The molecule has 2 amide bonds. The molecule has 0 aliphatic heterocycles. The van der Waals surface area contributed by atoms with Crippen LogP contribution in [-0.4, -0.2) is 42.5 Å². The first-order valence-corrected chi connectivity index (χ1v) is 10.7. The van der Waals surface area contributed by atoms with Crippen molar-refractivity contribution in [1.82, 2.24) is 10.2 Å². The van der Waals surface area contributed by atoms with Crippen LogP contribution in [0.5, 0.6) is 11.5 Å². The molecule has 2 aromatic rings. The number of hydrogen-bond donors (Lipinski definition) is 1. The van der Waals surface area contributed by atoms with Crippen molar-refractivity contribution in [3.8, 4) is 11.5 Å². The van der Waals surface area contributed by atoms with Gasteiger partial charge in [0, 0.05) is 12.6 Å². The molecule has 2 aromatic carbocycles. The number of amides is 2. The number of ether oxygens (including phenoxy) is 2. The zero-order chi connectivity index (χ0) is 23.0. The van der Waals surface area contributed by atoms with Crippen LogP contribution in [0.3, 0.4) is 0 Å². The molecular formula is C25H34N2O4. The van der Waals surface area contributed by atoms with Crippen molar-refractivity contribution in [2.24, 2.45) is 0 Å². The fourth-order valence-corrected chi connectivity index (χ4v) is 3.31. The van der Waals surface area contributed by atoms with Gasteiger partial charge in [0.15, 0.2) is 6.61 Å². The Morgan fingerprint density at radius 1 is 1.06 bits per heavy atom. The van der Waals surface area contributed by atoms with Crippen LogP contribution in [0, 0.1) is 13.8 Å². The van der Waals surface area contributed by atoms with Crippen molar-refractivity contribution >= 4 is 11.8 Å². The summed E-state index contributed by atoms with van der Waals surface area (Å²) in [5.41, 5.74) is 2.94. The summed E-state index contributed by atoms with van der Waals surface area (Å²) in [5.74, 6) is 1.02. The van der Waals surface area contributed by atoms with Crippen molar-refractivity contribution in [3.63, 3.8) is 0 Å². The van der Waals surface area contributed by atoms with Gasteiger partial charge >= 0.3 is 0 Å². The summed E-state index contributed by atoms with van der Waals surface area (Å²) < 4.78 is 11.1. The van der Waals surface area contributed by atoms with E-state index in [0.717, 1.165) is 22.4 Å². The molecule has 2 rings (SSSR count). The molecular weight excluding hydrogens is 392 g/mol. The topological polar surface area (TPSA) is 67.9 Å². The standard InChI is InChI=1S/C25H34N2O4/c1-7-22(25(29)26-17(2)3)27(15-20-10-12-21(30-6)13-11-20)24(28)16-31-23-14-18(4)8-9-19(23)5/h8-14,17,22H,7,15-16H2,1-6H3,(H,26,29)/t22-/m1/s1. The maximum atomic E-state index is 13.2. The van der Waals surface area contributed by atoms with Crippen molar-refractivity contribution in [2.45, 2.75) is 59.7 Å². The van der Waals surface area contributed by atoms with Crippen LogP contribution in [0.2, 0.25) is 0 Å². The van der Waals surface area contributed by atoms with Gasteiger partial charge in [0.05, 0.1) is 7.11 Å². The first kappa shape index (κ1) is 24.3. The number of nitrogens with zero attached hydrogens (tertiary/aromatic N) is 1. The second kappa shape index (κ2) is 11.4. The number of aryl methyl sites for hydroxylation is 2. The smallest absolute Gasteiger partial charge is 0.261 e. The maximum absolute atomic E-state index is 13.2. The minimum Gasteiger partial charge on any atom is -0.497 e. The van der Waals surface area contributed by atoms with Crippen LogP contribution in [0.25, 0.3) is 0 Å². The number of hydrogen-bond acceptors (Lipinski definition) is 4. The zero-order valence-electron chi connectivity index (χ0n) is 19.4. The van der Waals surface area contributed by atoms with Crippen LogP contribution in [-0.2, 0) is 16.1 Å². The first-order valence-electron chi connectivity index (χ1n) is 10.7. The van der Waals surface area contributed by atoms with Gasteiger partial charge in [0.25, 0.3) is 5.91 Å². The highest BCUT2D eigenvalue weighted by Crippen LogP contribution is 2.20. The minimum atomic E-state index is -0.584. The molecule has 0 heterocycles. The summed E-state index contributed by atoms with van der Waals surface area (Å²) in [6.45, 7) is 9.82. The summed E-state index contributed by atoms with van der Waals surface area (Å²) in [4.78, 5) is 27.7. The highest BCUT2D eigenvalue weighted by Gasteiger charge is 2.29. The van der Waals surface area contributed by atoms with E-state index < -0.39 is 6.04 Å². The molecule has 0 saturated carbocycles. The summed E-state index contributed by atoms with van der Waals surface area (Å²) in [6.07, 6.45) is 0.504. The van der Waals surface area contributed by atoms with E-state index in [4.69, 9.17) is 9.47 Å². The average Bonchev–Trinajstić information content (AvgIpc) is 2.74. The summed E-state index contributed by atoms with van der Waals surface area (Å²) in [7, 11) is 1.61. The van der Waals surface area contributed by atoms with E-state index in [-0.39, 0.29) is 24.5 Å². The van der Waals surface area contributed by atoms with E-state index in [2.05, 4.69) is 5.32 Å². The molecule has 0 fully saturated rings. The predicted molar refractivity (Wildman–Crippen MR) is 122 cm³/mol. The number of methoxy groups -OCH3 is 1. The molecule has 6 nitrogen and oxygen atoms in total. The number of benzene rings is 2. The van der Waals surface area contributed by atoms with Crippen molar-refractivity contribution in [2.75, 3.05) is 13.7 Å². The lowest BCUT2D eigenvalue weighted by molar-refractivity contribution is -0.143. The van der Waals surface area contributed by atoms with Crippen molar-refractivity contribution in [3.05, 3.63) is 59.2 Å². The second-order valence-corrected chi connectivity index (χ2v) is 8.01. The quantitative estimate of drug-likeness (QED) is 0.623. The van der Waals surface area contributed by atoms with E-state index in [1.54, 1.807) is 12.0 Å². The monoisotopic (exact) mass is 426 g/mol. The molecule has 6 heteroatoms. The van der Waals surface area contributed by atoms with E-state index in [1.807, 2.05) is 77.1 Å². The highest BCUT2D eigenvalue weighted by molar-refractivity contribution is 5.88. The zero-order valence-corrected chi connectivity index (χ0v) is 19.4. The Hall–Kier alpha value is -3.02. The van der Waals surface area contributed by atoms with Gasteiger partial charge in [0.2, 0.25) is 5.91 Å². The molecule has 0 aliphatic rings. The van der Waals surface area contributed by atoms with E-state index >= 15 is 0 Å². The summed E-state index contributed by atoms with van der Waals surface area (Å²) in [6, 6.07) is 12.8. The molecule has 0 unspecified atom stereocenters. The molecule has 0 aliphatic carbocycles. The van der Waals surface area contributed by atoms with Crippen LogP contribution in [0.15, 0.2) is 42.5 Å². The van der Waals surface area contributed by atoms with E-state index in [0.29, 0.717) is 18.7 Å². The fourth-order valence-electron chi connectivity index (χ4n) is 3.31. The Balaban J connectivity index is 2.24. The molecule has 1 atom stereocenters. The minimum absolute atomic E-state index is 0.00863. The Morgan fingerprint density at radius 3 is 2.32 bits per heavy atom. The molecule has 0 radical (unpaired) electrons. The van der Waals surface area contributed by atoms with Crippen molar-refractivity contribution in [1.29, 1.82) is 0 Å². The maximum Gasteiger partial charge on any atom is 0.261 e. The van der Waals surface area contributed by atoms with Crippen LogP contribution >= 0.6 is 0 Å². The molecule has 31 heavy (non-hydrogen) atoms. The van der Waals surface area contributed by atoms with Gasteiger partial charge in [-0.15, -0.1) is 0 Å². The molecule has 0 spiro atoms. The Morgan fingerprint density at radius 2 is 1.74 bits per heavy atom. The lowest BCUT2D eigenvalue weighted by atomic mass is 10.1. The third kappa shape index (κ3) is 7.02. The SMILES string of the molecule is CC[C@H](C(=O)NC(C)C)N(Cc1ccc(OC)cc1)C(=O)COc1cc(C)ccc1C. The van der Waals surface area contributed by atoms with Crippen LogP contribution < -0.4 is 14.8 Å². The van der Waals surface area contributed by atoms with Crippen molar-refractivity contribution < 1.29 is 19.1 Å². The Bertz CT molecular complexity index is 878. The van der Waals surface area contributed by atoms with E-state index in [1.165, 1.54) is 0 Å². The van der Waals surface area contributed by atoms with Gasteiger partial charge in [-0.3, -0.25) is 9.59 Å². The second-order valence-electron chi connectivity index (χ2n) is 8.01. The van der Waals surface area contributed by atoms with Crippen LogP contribution in [0.4, 0.5) is 0 Å². The van der Waals surface area contributed by atoms with Gasteiger partial charge < -0.3 is 19.7 Å². The number of carbonyl (C=O) groups excluding carboxylic acids is 2. The van der Waals surface area contributed by atoms with Gasteiger partial charge in [-0.1, -0.05) is 31.2 Å². The number of carbonyl (C=O) groups is 2. The van der Waals surface area contributed by atoms with E-state index in [9.17, 15) is 9.59 Å². The first-order chi connectivity index (χ1) is 14.7. The number of nitrogens with one attached hydrogen (secondary N) is 1. The largest absolute Gasteiger partial charge is 0.497 e. The molecule has 0 aromatic heterocycles. The highest BCUT2D eigenvalue weighted by atomic mass is 16.5. The molecule has 1 N–H and O–H groups in total. The van der Waals surface area contributed by atoms with Crippen LogP contribution in [0.1, 0.15) is 43.9 Å². The molecule has 0 bridgehead atoms. The fraction of sp³-hybridized carbons (Fsp3) is 0.440. The lowest BCUT2D eigenvalue weighted by Gasteiger charge is -2.31. The summed E-state index contributed by atoms with van der Waals surface area (Å²) in [5, 5.41) is 2.93. The predicted octanol–water partition coefficient (Wildman–Crippen LogP) is 4.02. The molecule has 0 saturated heterocycles. The third-order valence-corrected chi connectivity index (χ3v) is 5.02. The summed E-state index contributed by atoms with van der Waals surface area (Å²) >= 11 is 0.